The van der Waals surface area contributed by atoms with E-state index in [0.29, 0.717) is 11.7 Å². The van der Waals surface area contributed by atoms with Crippen LogP contribution >= 0.6 is 11.8 Å². The number of benzene rings is 2. The summed E-state index contributed by atoms with van der Waals surface area (Å²) >= 11 is 1.54. The molecule has 0 aromatic heterocycles. The second kappa shape index (κ2) is 6.96. The van der Waals surface area contributed by atoms with Gasteiger partial charge in [-0.2, -0.15) is 0 Å². The van der Waals surface area contributed by atoms with Gasteiger partial charge in [0.2, 0.25) is 0 Å². The molecule has 118 valence electrons. The molecule has 2 aromatic carbocycles. The molecule has 1 aliphatic heterocycles. The van der Waals surface area contributed by atoms with E-state index < -0.39 is 5.82 Å². The molecule has 1 amide bonds. The highest BCUT2D eigenvalue weighted by Gasteiger charge is 2.26. The van der Waals surface area contributed by atoms with Crippen LogP contribution in [0.4, 0.5) is 10.1 Å². The molecule has 0 radical (unpaired) electrons. The maximum atomic E-state index is 13.9. The molecule has 0 aliphatic carbocycles. The largest absolute Gasteiger partial charge is 0.287 e. The molecular weight excluding hydrogens is 311 g/mol. The topological polar surface area (TPSA) is 32.7 Å². The maximum absolute atomic E-state index is 13.9. The van der Waals surface area contributed by atoms with Crippen LogP contribution in [0.1, 0.15) is 22.3 Å². The second-order valence-corrected chi connectivity index (χ2v) is 6.38. The van der Waals surface area contributed by atoms with E-state index in [1.54, 1.807) is 17.0 Å². The SMILES string of the molecule is Cc1ccccc1N=C1SCCCN1C(=O)c1ccccc1F. The lowest BCUT2D eigenvalue weighted by Gasteiger charge is -2.28. The minimum atomic E-state index is -0.497. The number of nitrogens with zero attached hydrogens (tertiary/aromatic N) is 2. The van der Waals surface area contributed by atoms with Crippen LogP contribution < -0.4 is 0 Å². The third-order valence-electron chi connectivity index (χ3n) is 3.67. The fourth-order valence-corrected chi connectivity index (χ4v) is 3.36. The fourth-order valence-electron chi connectivity index (χ4n) is 2.41. The first-order valence-electron chi connectivity index (χ1n) is 7.50. The van der Waals surface area contributed by atoms with Crippen molar-refractivity contribution >= 4 is 28.5 Å². The lowest BCUT2D eigenvalue weighted by Crippen LogP contribution is -2.39. The summed E-state index contributed by atoms with van der Waals surface area (Å²) in [4.78, 5) is 18.9. The zero-order chi connectivity index (χ0) is 16.2. The van der Waals surface area contributed by atoms with E-state index in [2.05, 4.69) is 4.99 Å². The Hall–Kier alpha value is -2.14. The molecule has 1 aliphatic rings. The Morgan fingerprint density at radius 2 is 1.91 bits per heavy atom. The van der Waals surface area contributed by atoms with Gasteiger partial charge in [0.05, 0.1) is 11.3 Å². The number of halogens is 1. The van der Waals surface area contributed by atoms with Crippen molar-refractivity contribution in [3.63, 3.8) is 0 Å². The van der Waals surface area contributed by atoms with Gasteiger partial charge < -0.3 is 0 Å². The quantitative estimate of drug-likeness (QED) is 0.818. The molecule has 2 aromatic rings. The van der Waals surface area contributed by atoms with Gasteiger partial charge >= 0.3 is 0 Å². The van der Waals surface area contributed by atoms with Crippen LogP contribution in [0.25, 0.3) is 0 Å². The smallest absolute Gasteiger partial charge is 0.262 e. The van der Waals surface area contributed by atoms with Crippen molar-refractivity contribution in [2.75, 3.05) is 12.3 Å². The first kappa shape index (κ1) is 15.7. The number of hydrogen-bond acceptors (Lipinski definition) is 3. The number of amidine groups is 1. The van der Waals surface area contributed by atoms with Crippen LogP contribution in [0.2, 0.25) is 0 Å². The average Bonchev–Trinajstić information content (AvgIpc) is 2.57. The predicted molar refractivity (Wildman–Crippen MR) is 92.8 cm³/mol. The second-order valence-electron chi connectivity index (χ2n) is 5.32. The van der Waals surface area contributed by atoms with Crippen molar-refractivity contribution in [2.24, 2.45) is 4.99 Å². The molecule has 0 N–H and O–H groups in total. The number of carbonyl (C=O) groups excluding carboxylic acids is 1. The van der Waals surface area contributed by atoms with Gasteiger partial charge in [0, 0.05) is 12.3 Å². The Labute approximate surface area is 139 Å². The highest BCUT2D eigenvalue weighted by atomic mass is 32.2. The molecule has 0 bridgehead atoms. The molecule has 0 spiro atoms. The Kier molecular flexibility index (Phi) is 4.76. The normalized spacial score (nSPS) is 16.6. The highest BCUT2D eigenvalue weighted by molar-refractivity contribution is 8.13. The number of amides is 1. The zero-order valence-corrected chi connectivity index (χ0v) is 13.6. The van der Waals surface area contributed by atoms with Gasteiger partial charge in [0.25, 0.3) is 5.91 Å². The molecule has 23 heavy (non-hydrogen) atoms. The van der Waals surface area contributed by atoms with E-state index in [0.717, 1.165) is 23.4 Å². The van der Waals surface area contributed by atoms with Gasteiger partial charge in [0.15, 0.2) is 5.17 Å². The Morgan fingerprint density at radius 3 is 2.70 bits per heavy atom. The summed E-state index contributed by atoms with van der Waals surface area (Å²) in [5.41, 5.74) is 1.97. The van der Waals surface area contributed by atoms with Gasteiger partial charge in [-0.15, -0.1) is 0 Å². The number of rotatable bonds is 2. The van der Waals surface area contributed by atoms with E-state index >= 15 is 0 Å². The van der Waals surface area contributed by atoms with Crippen molar-refractivity contribution in [1.82, 2.24) is 4.90 Å². The lowest BCUT2D eigenvalue weighted by atomic mass is 10.2. The van der Waals surface area contributed by atoms with E-state index in [1.807, 2.05) is 31.2 Å². The van der Waals surface area contributed by atoms with Crippen molar-refractivity contribution in [2.45, 2.75) is 13.3 Å². The monoisotopic (exact) mass is 328 g/mol. The molecule has 3 nitrogen and oxygen atoms in total. The fraction of sp³-hybridized carbons (Fsp3) is 0.222. The van der Waals surface area contributed by atoms with Gasteiger partial charge in [-0.1, -0.05) is 42.1 Å². The summed E-state index contributed by atoms with van der Waals surface area (Å²) in [6.07, 6.45) is 0.873. The molecule has 1 saturated heterocycles. The molecule has 1 heterocycles. The Balaban J connectivity index is 1.95. The minimum Gasteiger partial charge on any atom is -0.287 e. The molecule has 1 fully saturated rings. The summed E-state index contributed by atoms with van der Waals surface area (Å²) in [5, 5.41) is 0.638. The summed E-state index contributed by atoms with van der Waals surface area (Å²) in [5.74, 6) is 0.0807. The highest BCUT2D eigenvalue weighted by Crippen LogP contribution is 2.26. The number of thioether (sulfide) groups is 1. The van der Waals surface area contributed by atoms with Crippen LogP contribution in [0.15, 0.2) is 53.5 Å². The van der Waals surface area contributed by atoms with Crippen LogP contribution in [-0.4, -0.2) is 28.3 Å². The van der Waals surface area contributed by atoms with Crippen molar-refractivity contribution in [3.8, 4) is 0 Å². The summed E-state index contributed by atoms with van der Waals surface area (Å²) in [6, 6.07) is 13.9. The van der Waals surface area contributed by atoms with Gasteiger partial charge in [-0.05, 0) is 37.1 Å². The summed E-state index contributed by atoms with van der Waals surface area (Å²) in [6.45, 7) is 2.54. The molecule has 0 saturated carbocycles. The average molecular weight is 328 g/mol. The first-order valence-corrected chi connectivity index (χ1v) is 8.49. The van der Waals surface area contributed by atoms with Crippen LogP contribution in [0.3, 0.4) is 0 Å². The molecular formula is C18H17FN2OS. The zero-order valence-electron chi connectivity index (χ0n) is 12.8. The van der Waals surface area contributed by atoms with Gasteiger partial charge in [0.1, 0.15) is 5.82 Å². The molecule has 0 atom stereocenters. The van der Waals surface area contributed by atoms with E-state index in [1.165, 1.54) is 23.9 Å². The Morgan fingerprint density at radius 1 is 1.17 bits per heavy atom. The van der Waals surface area contributed by atoms with E-state index in [9.17, 15) is 9.18 Å². The van der Waals surface area contributed by atoms with E-state index in [-0.39, 0.29) is 11.5 Å². The molecule has 0 unspecified atom stereocenters. The van der Waals surface area contributed by atoms with Crippen molar-refractivity contribution in [1.29, 1.82) is 0 Å². The summed E-state index contributed by atoms with van der Waals surface area (Å²) in [7, 11) is 0. The minimum absolute atomic E-state index is 0.0903. The third-order valence-corrected chi connectivity index (χ3v) is 4.73. The Bertz CT molecular complexity index is 760. The number of aliphatic imine (C=N–C) groups is 1. The number of hydrogen-bond donors (Lipinski definition) is 0. The third kappa shape index (κ3) is 3.45. The van der Waals surface area contributed by atoms with E-state index in [4.69, 9.17) is 0 Å². The maximum Gasteiger partial charge on any atom is 0.262 e. The molecule has 3 rings (SSSR count). The van der Waals surface area contributed by atoms with Crippen LogP contribution in [-0.2, 0) is 0 Å². The number of aryl methyl sites for hydroxylation is 1. The van der Waals surface area contributed by atoms with Crippen molar-refractivity contribution in [3.05, 3.63) is 65.5 Å². The van der Waals surface area contributed by atoms with Gasteiger partial charge in [-0.25, -0.2) is 9.38 Å². The standard InChI is InChI=1S/C18H17FN2OS/c1-13-7-2-5-10-16(13)20-18-21(11-6-12-23-18)17(22)14-8-3-4-9-15(14)19/h2-5,7-10H,6,11-12H2,1H3. The number of carbonyl (C=O) groups is 1. The first-order chi connectivity index (χ1) is 11.2. The number of para-hydroxylation sites is 1. The van der Waals surface area contributed by atoms with Gasteiger partial charge in [-0.3, -0.25) is 9.69 Å². The van der Waals surface area contributed by atoms with Crippen LogP contribution in [0.5, 0.6) is 0 Å². The van der Waals surface area contributed by atoms with Crippen molar-refractivity contribution < 1.29 is 9.18 Å². The van der Waals surface area contributed by atoms with Crippen LogP contribution in [0, 0.1) is 12.7 Å². The summed E-state index contributed by atoms with van der Waals surface area (Å²) < 4.78 is 13.9. The predicted octanol–water partition coefficient (Wildman–Crippen LogP) is 4.40. The molecule has 5 heteroatoms. The lowest BCUT2D eigenvalue weighted by molar-refractivity contribution is 0.0845.